The van der Waals surface area contributed by atoms with Crippen LogP contribution in [-0.2, 0) is 6.42 Å². The highest BCUT2D eigenvalue weighted by Crippen LogP contribution is 2.29. The molecule has 0 bridgehead atoms. The second-order valence-corrected chi connectivity index (χ2v) is 5.08. The van der Waals surface area contributed by atoms with E-state index in [4.69, 9.17) is 5.26 Å². The first-order valence-corrected chi connectivity index (χ1v) is 6.71. The van der Waals surface area contributed by atoms with E-state index < -0.39 is 0 Å². The number of H-pyrrole nitrogens is 1. The van der Waals surface area contributed by atoms with Crippen LogP contribution in [0.1, 0.15) is 12.0 Å². The predicted octanol–water partition coefficient (Wildman–Crippen LogP) is 2.69. The lowest BCUT2D eigenvalue weighted by atomic mass is 10.0. The van der Waals surface area contributed by atoms with Crippen LogP contribution < -0.4 is 15.8 Å². The van der Waals surface area contributed by atoms with Gasteiger partial charge in [-0.25, -0.2) is 0 Å². The van der Waals surface area contributed by atoms with Crippen molar-refractivity contribution in [1.82, 2.24) is 4.98 Å². The van der Waals surface area contributed by atoms with Gasteiger partial charge in [0, 0.05) is 30.2 Å². The molecule has 0 amide bonds. The summed E-state index contributed by atoms with van der Waals surface area (Å²) in [5, 5.41) is 13.1. The number of benzene rings is 1. The molecule has 1 aliphatic rings. The van der Waals surface area contributed by atoms with Gasteiger partial charge in [-0.1, -0.05) is 0 Å². The van der Waals surface area contributed by atoms with Crippen molar-refractivity contribution < 1.29 is 0 Å². The maximum Gasteiger partial charge on any atom is 0.253 e. The fraction of sp³-hybridized carbons (Fsp3) is 0.333. The zero-order chi connectivity index (χ0) is 14.1. The van der Waals surface area contributed by atoms with Gasteiger partial charge in [-0.2, -0.15) is 5.26 Å². The van der Waals surface area contributed by atoms with Crippen molar-refractivity contribution >= 4 is 47.1 Å². The number of hydrogen-bond acceptors (Lipinski definition) is 4. The number of pyridine rings is 1. The SMILES string of the molecule is CN(CC#N)c1ccc2c3c(c(=O)[nH]c2c1)CCCN3.Cl.Cl. The molecule has 22 heavy (non-hydrogen) atoms. The highest BCUT2D eigenvalue weighted by molar-refractivity contribution is 5.94. The zero-order valence-corrected chi connectivity index (χ0v) is 13.8. The molecule has 0 saturated carbocycles. The van der Waals surface area contributed by atoms with Gasteiger partial charge in [-0.3, -0.25) is 4.79 Å². The van der Waals surface area contributed by atoms with Crippen LogP contribution in [0.4, 0.5) is 11.4 Å². The second kappa shape index (κ2) is 7.39. The number of halogens is 2. The minimum Gasteiger partial charge on any atom is -0.384 e. The maximum absolute atomic E-state index is 12.1. The smallest absolute Gasteiger partial charge is 0.253 e. The van der Waals surface area contributed by atoms with Crippen molar-refractivity contribution in [1.29, 1.82) is 5.26 Å². The summed E-state index contributed by atoms with van der Waals surface area (Å²) >= 11 is 0. The van der Waals surface area contributed by atoms with Gasteiger partial charge < -0.3 is 15.2 Å². The molecule has 7 heteroatoms. The molecule has 3 rings (SSSR count). The standard InChI is InChI=1S/C15H16N4O.2ClH/c1-19(8-6-16)10-4-5-11-13(9-10)18-15(20)12-3-2-7-17-14(11)12;;/h4-5,9,17H,2-3,7-8H2,1H3,(H,18,20);2*1H. The number of hydrogen-bond donors (Lipinski definition) is 2. The minimum atomic E-state index is -0.0141. The number of nitriles is 1. The van der Waals surface area contributed by atoms with Crippen LogP contribution in [0.15, 0.2) is 23.0 Å². The molecule has 1 aromatic carbocycles. The molecule has 2 heterocycles. The summed E-state index contributed by atoms with van der Waals surface area (Å²) in [7, 11) is 1.86. The van der Waals surface area contributed by atoms with E-state index in [9.17, 15) is 4.79 Å². The lowest BCUT2D eigenvalue weighted by Gasteiger charge is -2.21. The van der Waals surface area contributed by atoms with E-state index in [1.165, 1.54) is 0 Å². The Kier molecular flexibility index (Phi) is 6.10. The number of nitrogens with one attached hydrogen (secondary N) is 2. The minimum absolute atomic E-state index is 0. The van der Waals surface area contributed by atoms with E-state index in [2.05, 4.69) is 16.4 Å². The first-order valence-electron chi connectivity index (χ1n) is 6.71. The molecular weight excluding hydrogens is 323 g/mol. The average molecular weight is 341 g/mol. The van der Waals surface area contributed by atoms with Crippen molar-refractivity contribution in [2.75, 3.05) is 30.4 Å². The van der Waals surface area contributed by atoms with E-state index in [0.717, 1.165) is 47.2 Å². The zero-order valence-electron chi connectivity index (χ0n) is 12.2. The van der Waals surface area contributed by atoms with Gasteiger partial charge in [0.15, 0.2) is 0 Å². The Bertz CT molecular complexity index is 766. The Hall–Kier alpha value is -1.90. The summed E-state index contributed by atoms with van der Waals surface area (Å²) in [5.74, 6) is 0. The van der Waals surface area contributed by atoms with Gasteiger partial charge in [0.1, 0.15) is 6.54 Å². The van der Waals surface area contributed by atoms with E-state index in [-0.39, 0.29) is 30.4 Å². The molecule has 2 N–H and O–H groups in total. The fourth-order valence-electron chi connectivity index (χ4n) is 2.68. The van der Waals surface area contributed by atoms with Crippen LogP contribution in [0.2, 0.25) is 0 Å². The number of nitrogens with zero attached hydrogens (tertiary/aromatic N) is 2. The van der Waals surface area contributed by atoms with Crippen molar-refractivity contribution in [2.45, 2.75) is 12.8 Å². The fourth-order valence-corrected chi connectivity index (χ4v) is 2.68. The molecule has 0 spiro atoms. The average Bonchev–Trinajstić information content (AvgIpc) is 2.47. The van der Waals surface area contributed by atoms with Crippen molar-refractivity contribution in [3.63, 3.8) is 0 Å². The van der Waals surface area contributed by atoms with Crippen LogP contribution in [-0.4, -0.2) is 25.1 Å². The number of aromatic nitrogens is 1. The quantitative estimate of drug-likeness (QED) is 0.824. The Morgan fingerprint density at radius 2 is 2.14 bits per heavy atom. The molecule has 2 aromatic rings. The Labute approximate surface area is 141 Å². The molecule has 0 unspecified atom stereocenters. The molecule has 1 aromatic heterocycles. The van der Waals surface area contributed by atoms with Crippen LogP contribution in [0.3, 0.4) is 0 Å². The van der Waals surface area contributed by atoms with Crippen molar-refractivity contribution in [2.24, 2.45) is 0 Å². The van der Waals surface area contributed by atoms with Gasteiger partial charge in [0.25, 0.3) is 5.56 Å². The Morgan fingerprint density at radius 1 is 1.36 bits per heavy atom. The van der Waals surface area contributed by atoms with Crippen molar-refractivity contribution in [3.8, 4) is 6.07 Å². The Balaban J connectivity index is 0.00000121. The maximum atomic E-state index is 12.1. The summed E-state index contributed by atoms with van der Waals surface area (Å²) < 4.78 is 0. The monoisotopic (exact) mass is 340 g/mol. The van der Waals surface area contributed by atoms with Crippen molar-refractivity contribution in [3.05, 3.63) is 34.1 Å². The van der Waals surface area contributed by atoms with Crippen LogP contribution >= 0.6 is 24.8 Å². The van der Waals surface area contributed by atoms with Gasteiger partial charge in [-0.05, 0) is 31.0 Å². The molecule has 1 aliphatic heterocycles. The third kappa shape index (κ3) is 3.13. The molecule has 0 fully saturated rings. The van der Waals surface area contributed by atoms with E-state index in [1.54, 1.807) is 0 Å². The third-order valence-electron chi connectivity index (χ3n) is 3.75. The summed E-state index contributed by atoms with van der Waals surface area (Å²) in [5.41, 5.74) is 3.53. The molecule has 0 saturated heterocycles. The summed E-state index contributed by atoms with van der Waals surface area (Å²) in [6.45, 7) is 1.22. The summed E-state index contributed by atoms with van der Waals surface area (Å²) in [6.07, 6.45) is 1.81. The summed E-state index contributed by atoms with van der Waals surface area (Å²) in [4.78, 5) is 16.9. The van der Waals surface area contributed by atoms with E-state index in [1.807, 2.05) is 30.1 Å². The normalized spacial score (nSPS) is 12.2. The predicted molar refractivity (Wildman–Crippen MR) is 94.8 cm³/mol. The number of fused-ring (bicyclic) bond motifs is 3. The molecular formula is C15H18Cl2N4O. The van der Waals surface area contributed by atoms with Gasteiger partial charge in [0.05, 0.1) is 17.3 Å². The first-order chi connectivity index (χ1) is 9.70. The number of anilines is 2. The largest absolute Gasteiger partial charge is 0.384 e. The van der Waals surface area contributed by atoms with Crippen LogP contribution in [0.25, 0.3) is 10.9 Å². The van der Waals surface area contributed by atoms with Gasteiger partial charge >= 0.3 is 0 Å². The lowest BCUT2D eigenvalue weighted by Crippen LogP contribution is -2.22. The van der Waals surface area contributed by atoms with Crippen LogP contribution in [0.5, 0.6) is 0 Å². The number of rotatable bonds is 2. The second-order valence-electron chi connectivity index (χ2n) is 5.08. The lowest BCUT2D eigenvalue weighted by molar-refractivity contribution is 0.820. The van der Waals surface area contributed by atoms with Gasteiger partial charge in [-0.15, -0.1) is 24.8 Å². The Morgan fingerprint density at radius 3 is 2.86 bits per heavy atom. The topological polar surface area (TPSA) is 71.9 Å². The van der Waals surface area contributed by atoms with Gasteiger partial charge in [0.2, 0.25) is 0 Å². The summed E-state index contributed by atoms with van der Waals surface area (Å²) in [6, 6.07) is 8.02. The highest BCUT2D eigenvalue weighted by Gasteiger charge is 2.16. The van der Waals surface area contributed by atoms with Crippen LogP contribution in [0, 0.1) is 11.3 Å². The highest BCUT2D eigenvalue weighted by atomic mass is 35.5. The molecule has 118 valence electrons. The van der Waals surface area contributed by atoms with E-state index in [0.29, 0.717) is 6.54 Å². The number of aromatic amines is 1. The first kappa shape index (κ1) is 18.1. The third-order valence-corrected chi connectivity index (χ3v) is 3.75. The molecule has 0 atom stereocenters. The van der Waals surface area contributed by atoms with E-state index >= 15 is 0 Å². The molecule has 5 nitrogen and oxygen atoms in total. The molecule has 0 aliphatic carbocycles. The molecule has 0 radical (unpaired) electrons.